The molecule has 4 heteroatoms. The Bertz CT molecular complexity index is 617. The number of phenols is 2. The summed E-state index contributed by atoms with van der Waals surface area (Å²) in [6, 6.07) is 6.63. The van der Waals surface area contributed by atoms with Crippen molar-refractivity contribution >= 4 is 16.7 Å². The Labute approximate surface area is 104 Å². The molecule has 2 aromatic rings. The van der Waals surface area contributed by atoms with Crippen molar-refractivity contribution in [2.45, 2.75) is 13.3 Å². The van der Waals surface area contributed by atoms with Crippen molar-refractivity contribution in [2.75, 3.05) is 7.11 Å². The van der Waals surface area contributed by atoms with Gasteiger partial charge in [-0.1, -0.05) is 19.1 Å². The van der Waals surface area contributed by atoms with Crippen LogP contribution in [-0.2, 0) is 11.2 Å². The number of hydrogen-bond acceptors (Lipinski definition) is 4. The van der Waals surface area contributed by atoms with Crippen molar-refractivity contribution in [3.63, 3.8) is 0 Å². The first-order valence-corrected chi connectivity index (χ1v) is 5.64. The van der Waals surface area contributed by atoms with E-state index in [1.165, 1.54) is 13.2 Å². The van der Waals surface area contributed by atoms with E-state index in [1.54, 1.807) is 12.1 Å². The van der Waals surface area contributed by atoms with Crippen LogP contribution in [0.5, 0.6) is 11.5 Å². The topological polar surface area (TPSA) is 66.8 Å². The van der Waals surface area contributed by atoms with Gasteiger partial charge in [0.1, 0.15) is 17.1 Å². The van der Waals surface area contributed by atoms with Gasteiger partial charge in [0, 0.05) is 0 Å². The first-order chi connectivity index (χ1) is 8.58. The Morgan fingerprint density at radius 3 is 2.61 bits per heavy atom. The highest BCUT2D eigenvalue weighted by molar-refractivity contribution is 6.03. The Morgan fingerprint density at radius 1 is 1.28 bits per heavy atom. The first-order valence-electron chi connectivity index (χ1n) is 5.64. The molecule has 0 bridgehead atoms. The number of esters is 1. The zero-order chi connectivity index (χ0) is 13.3. The molecule has 2 aromatic carbocycles. The number of aryl methyl sites for hydroxylation is 1. The number of ether oxygens (including phenoxy) is 1. The van der Waals surface area contributed by atoms with E-state index < -0.39 is 5.97 Å². The number of carbonyl (C=O) groups excluding carboxylic acids is 1. The van der Waals surface area contributed by atoms with Gasteiger partial charge >= 0.3 is 5.97 Å². The van der Waals surface area contributed by atoms with Crippen molar-refractivity contribution in [1.82, 2.24) is 0 Å². The third-order valence-corrected chi connectivity index (χ3v) is 2.94. The molecular weight excluding hydrogens is 232 g/mol. The van der Waals surface area contributed by atoms with E-state index in [-0.39, 0.29) is 22.4 Å². The van der Waals surface area contributed by atoms with Crippen LogP contribution in [-0.4, -0.2) is 23.3 Å². The van der Waals surface area contributed by atoms with E-state index in [1.807, 2.05) is 13.0 Å². The number of benzene rings is 2. The Hall–Kier alpha value is -2.23. The molecule has 0 aliphatic carbocycles. The third-order valence-electron chi connectivity index (χ3n) is 2.94. The van der Waals surface area contributed by atoms with Crippen molar-refractivity contribution < 1.29 is 19.7 Å². The van der Waals surface area contributed by atoms with Crippen LogP contribution in [0.1, 0.15) is 22.8 Å². The van der Waals surface area contributed by atoms with E-state index in [9.17, 15) is 15.0 Å². The molecule has 0 unspecified atom stereocenters. The second-order valence-electron chi connectivity index (χ2n) is 4.02. The minimum Gasteiger partial charge on any atom is -0.507 e. The quantitative estimate of drug-likeness (QED) is 0.799. The Balaban J connectivity index is 2.75. The summed E-state index contributed by atoms with van der Waals surface area (Å²) in [5.41, 5.74) is 1.01. The number of carbonyl (C=O) groups is 1. The zero-order valence-corrected chi connectivity index (χ0v) is 10.2. The van der Waals surface area contributed by atoms with Gasteiger partial charge in [-0.3, -0.25) is 0 Å². The molecule has 0 spiro atoms. The fraction of sp³-hybridized carbons (Fsp3) is 0.214. The minimum atomic E-state index is -0.631. The Kier molecular flexibility index (Phi) is 3.10. The summed E-state index contributed by atoms with van der Waals surface area (Å²) in [4.78, 5) is 11.4. The number of rotatable bonds is 2. The lowest BCUT2D eigenvalue weighted by Crippen LogP contribution is -2.01. The lowest BCUT2D eigenvalue weighted by molar-refractivity contribution is 0.0598. The second kappa shape index (κ2) is 4.56. The molecule has 94 valence electrons. The monoisotopic (exact) mass is 246 g/mol. The molecule has 0 amide bonds. The highest BCUT2D eigenvalue weighted by Gasteiger charge is 2.16. The molecule has 18 heavy (non-hydrogen) atoms. The number of hydrogen-bond donors (Lipinski definition) is 2. The van der Waals surface area contributed by atoms with Gasteiger partial charge in [0.25, 0.3) is 0 Å². The van der Waals surface area contributed by atoms with E-state index >= 15 is 0 Å². The predicted octanol–water partition coefficient (Wildman–Crippen LogP) is 2.60. The maximum absolute atomic E-state index is 11.4. The average molecular weight is 246 g/mol. The molecular formula is C14H14O4. The summed E-state index contributed by atoms with van der Waals surface area (Å²) in [6.45, 7) is 1.98. The molecule has 0 atom stereocenters. The average Bonchev–Trinajstić information content (AvgIpc) is 2.37. The fourth-order valence-corrected chi connectivity index (χ4v) is 1.96. The molecule has 0 aromatic heterocycles. The smallest absolute Gasteiger partial charge is 0.341 e. The standard InChI is InChI=1S/C14H14O4/c1-3-8-6-9-4-5-10(14(17)18-2)13(16)12(9)11(15)7-8/h4-7,15-16H,3H2,1-2H3. The second-order valence-corrected chi connectivity index (χ2v) is 4.02. The summed E-state index contributed by atoms with van der Waals surface area (Å²) in [6.07, 6.45) is 0.781. The van der Waals surface area contributed by atoms with E-state index in [0.717, 1.165) is 12.0 Å². The summed E-state index contributed by atoms with van der Waals surface area (Å²) in [7, 11) is 1.24. The maximum Gasteiger partial charge on any atom is 0.341 e. The largest absolute Gasteiger partial charge is 0.507 e. The maximum atomic E-state index is 11.4. The van der Waals surface area contributed by atoms with Crippen molar-refractivity contribution in [2.24, 2.45) is 0 Å². The molecule has 0 fully saturated rings. The fourth-order valence-electron chi connectivity index (χ4n) is 1.96. The van der Waals surface area contributed by atoms with Crippen LogP contribution in [0.4, 0.5) is 0 Å². The van der Waals surface area contributed by atoms with Crippen LogP contribution in [0.3, 0.4) is 0 Å². The number of phenolic OH excluding ortho intramolecular Hbond substituents is 2. The molecule has 4 nitrogen and oxygen atoms in total. The van der Waals surface area contributed by atoms with Gasteiger partial charge in [0.2, 0.25) is 0 Å². The van der Waals surface area contributed by atoms with E-state index in [4.69, 9.17) is 0 Å². The Morgan fingerprint density at radius 2 is 2.00 bits per heavy atom. The van der Waals surface area contributed by atoms with Gasteiger partial charge in [-0.25, -0.2) is 4.79 Å². The number of methoxy groups -OCH3 is 1. The summed E-state index contributed by atoms with van der Waals surface area (Å²) in [5, 5.41) is 20.9. The van der Waals surface area contributed by atoms with Crippen LogP contribution in [0.2, 0.25) is 0 Å². The molecule has 0 aliphatic rings. The molecule has 2 N–H and O–H groups in total. The number of fused-ring (bicyclic) bond motifs is 1. The molecule has 0 heterocycles. The third kappa shape index (κ3) is 1.86. The van der Waals surface area contributed by atoms with Crippen LogP contribution in [0.25, 0.3) is 10.8 Å². The van der Waals surface area contributed by atoms with Gasteiger partial charge < -0.3 is 14.9 Å². The van der Waals surface area contributed by atoms with Crippen LogP contribution < -0.4 is 0 Å². The highest BCUT2D eigenvalue weighted by atomic mass is 16.5. The van der Waals surface area contributed by atoms with Gasteiger partial charge in [-0.2, -0.15) is 0 Å². The van der Waals surface area contributed by atoms with Crippen LogP contribution >= 0.6 is 0 Å². The number of aromatic hydroxyl groups is 2. The van der Waals surface area contributed by atoms with Crippen LogP contribution in [0.15, 0.2) is 24.3 Å². The van der Waals surface area contributed by atoms with Crippen LogP contribution in [0, 0.1) is 0 Å². The summed E-state index contributed by atoms with van der Waals surface area (Å²) >= 11 is 0. The molecule has 0 saturated carbocycles. The lowest BCUT2D eigenvalue weighted by Gasteiger charge is -2.09. The summed E-state index contributed by atoms with van der Waals surface area (Å²) in [5.74, 6) is -0.916. The lowest BCUT2D eigenvalue weighted by atomic mass is 10.0. The molecule has 2 rings (SSSR count). The van der Waals surface area contributed by atoms with Crippen molar-refractivity contribution in [3.8, 4) is 11.5 Å². The van der Waals surface area contributed by atoms with Gasteiger partial charge in [0.05, 0.1) is 12.5 Å². The first kappa shape index (κ1) is 12.2. The van der Waals surface area contributed by atoms with E-state index in [2.05, 4.69) is 4.74 Å². The highest BCUT2D eigenvalue weighted by Crippen LogP contribution is 2.36. The van der Waals surface area contributed by atoms with Gasteiger partial charge in [-0.05, 0) is 29.5 Å². The van der Waals surface area contributed by atoms with Crippen molar-refractivity contribution in [3.05, 3.63) is 35.4 Å². The van der Waals surface area contributed by atoms with Crippen molar-refractivity contribution in [1.29, 1.82) is 0 Å². The summed E-state index contributed by atoms with van der Waals surface area (Å²) < 4.78 is 4.57. The molecule has 0 aliphatic heterocycles. The van der Waals surface area contributed by atoms with Gasteiger partial charge in [0.15, 0.2) is 0 Å². The zero-order valence-electron chi connectivity index (χ0n) is 10.2. The molecule has 0 radical (unpaired) electrons. The normalized spacial score (nSPS) is 10.6. The van der Waals surface area contributed by atoms with E-state index in [0.29, 0.717) is 5.39 Å². The van der Waals surface area contributed by atoms with Gasteiger partial charge in [-0.15, -0.1) is 0 Å². The SMILES string of the molecule is CCc1cc(O)c2c(O)c(C(=O)OC)ccc2c1. The minimum absolute atomic E-state index is 0.0346. The molecule has 0 saturated heterocycles. The predicted molar refractivity (Wildman–Crippen MR) is 68.0 cm³/mol.